The van der Waals surface area contributed by atoms with E-state index >= 15 is 0 Å². The Balaban J connectivity index is 2.09. The van der Waals surface area contributed by atoms with E-state index in [-0.39, 0.29) is 27.2 Å². The van der Waals surface area contributed by atoms with E-state index in [9.17, 15) is 31.1 Å². The molecule has 1 N–H and O–H groups in total. The van der Waals surface area contributed by atoms with Crippen molar-refractivity contribution in [1.82, 2.24) is 5.32 Å². The summed E-state index contributed by atoms with van der Waals surface area (Å²) in [6.07, 6.45) is -11.0. The van der Waals surface area contributed by atoms with E-state index in [2.05, 4.69) is 5.32 Å². The Morgan fingerprint density at radius 2 is 1.46 bits per heavy atom. The van der Waals surface area contributed by atoms with E-state index in [1.54, 1.807) is 24.3 Å². The number of halogens is 9. The highest BCUT2D eigenvalue weighted by Crippen LogP contribution is 2.39. The van der Waals surface area contributed by atoms with E-state index in [1.807, 2.05) is 0 Å². The minimum Gasteiger partial charge on any atom is -0.352 e. The summed E-state index contributed by atoms with van der Waals surface area (Å²) in [5.74, 6) is -1.19. The van der Waals surface area contributed by atoms with Crippen LogP contribution >= 0.6 is 34.8 Å². The molecule has 186 valence electrons. The van der Waals surface area contributed by atoms with Gasteiger partial charge >= 0.3 is 12.4 Å². The second-order valence-electron chi connectivity index (χ2n) is 7.58. The number of allylic oxidation sites excluding steroid dienone is 1. The van der Waals surface area contributed by atoms with Gasteiger partial charge in [0.2, 0.25) is 5.91 Å². The summed E-state index contributed by atoms with van der Waals surface area (Å²) < 4.78 is 76.7. The minimum absolute atomic E-state index is 0.0559. The molecule has 0 aliphatic rings. The van der Waals surface area contributed by atoms with E-state index in [0.29, 0.717) is 27.5 Å². The normalized spacial score (nSPS) is 12.8. The summed E-state index contributed by atoms with van der Waals surface area (Å²) in [4.78, 5) is 11.6. The molecule has 1 amide bonds. The predicted molar refractivity (Wildman–Crippen MR) is 126 cm³/mol. The zero-order chi connectivity index (χ0) is 26.0. The second kappa shape index (κ2) is 10.7. The number of hydrogen-bond acceptors (Lipinski definition) is 1. The lowest BCUT2D eigenvalue weighted by molar-refractivity contribution is -0.153. The zero-order valence-corrected chi connectivity index (χ0v) is 19.9. The Kier molecular flexibility index (Phi) is 8.29. The number of carbonyl (C=O) groups is 1. The van der Waals surface area contributed by atoms with Crippen LogP contribution in [0.1, 0.15) is 29.5 Å². The Hall–Kier alpha value is -2.42. The van der Waals surface area contributed by atoms with Gasteiger partial charge in [0.25, 0.3) is 0 Å². The van der Waals surface area contributed by atoms with Gasteiger partial charge in [0.1, 0.15) is 6.42 Å². The maximum atomic E-state index is 13.1. The summed E-state index contributed by atoms with van der Waals surface area (Å²) in [6, 6.07) is 12.5. The van der Waals surface area contributed by atoms with Gasteiger partial charge in [0.05, 0.1) is 21.5 Å². The topological polar surface area (TPSA) is 29.1 Å². The molecule has 0 bridgehead atoms. The van der Waals surface area contributed by atoms with Gasteiger partial charge in [-0.15, -0.1) is 0 Å². The van der Waals surface area contributed by atoms with Gasteiger partial charge in [0.15, 0.2) is 0 Å². The molecular formula is C24H16Cl3F6NO. The van der Waals surface area contributed by atoms with Crippen LogP contribution in [0.3, 0.4) is 0 Å². The SMILES string of the molecule is O=C(CC(F)(F)F)NCc1ccc(/C(=C/CC(F)(F)F)c2cc(Cl)c(Cl)c(Cl)c2)c2ccccc12. The maximum absolute atomic E-state index is 13.1. The van der Waals surface area contributed by atoms with Crippen LogP contribution in [0.4, 0.5) is 26.3 Å². The molecule has 0 aliphatic carbocycles. The Morgan fingerprint density at radius 3 is 2.03 bits per heavy atom. The van der Waals surface area contributed by atoms with Crippen molar-refractivity contribution < 1.29 is 31.1 Å². The number of amides is 1. The average molecular weight is 555 g/mol. The Labute approximate surface area is 211 Å². The highest BCUT2D eigenvalue weighted by Gasteiger charge is 2.31. The monoisotopic (exact) mass is 553 g/mol. The molecule has 0 aromatic heterocycles. The van der Waals surface area contributed by atoms with Crippen molar-refractivity contribution in [2.75, 3.05) is 0 Å². The highest BCUT2D eigenvalue weighted by molar-refractivity contribution is 6.48. The first-order valence-corrected chi connectivity index (χ1v) is 11.1. The molecule has 0 spiro atoms. The third-order valence-corrected chi connectivity index (χ3v) is 6.17. The van der Waals surface area contributed by atoms with Gasteiger partial charge in [0, 0.05) is 6.54 Å². The number of benzene rings is 3. The summed E-state index contributed by atoms with van der Waals surface area (Å²) in [5.41, 5.74) is 1.38. The predicted octanol–water partition coefficient (Wildman–Crippen LogP) is 8.75. The molecule has 0 radical (unpaired) electrons. The fraction of sp³-hybridized carbons (Fsp3) is 0.208. The molecule has 0 fully saturated rings. The molecule has 0 heterocycles. The largest absolute Gasteiger partial charge is 0.397 e. The first-order chi connectivity index (χ1) is 16.2. The van der Waals surface area contributed by atoms with Gasteiger partial charge in [-0.05, 0) is 45.2 Å². The van der Waals surface area contributed by atoms with Crippen LogP contribution in [-0.4, -0.2) is 18.3 Å². The lowest BCUT2D eigenvalue weighted by atomic mass is 9.90. The minimum atomic E-state index is -4.64. The van der Waals surface area contributed by atoms with Crippen LogP contribution in [0.15, 0.2) is 54.6 Å². The van der Waals surface area contributed by atoms with Crippen molar-refractivity contribution in [2.45, 2.75) is 31.7 Å². The van der Waals surface area contributed by atoms with Crippen molar-refractivity contribution in [3.8, 4) is 0 Å². The van der Waals surface area contributed by atoms with Crippen molar-refractivity contribution >= 4 is 57.1 Å². The molecule has 0 unspecified atom stereocenters. The van der Waals surface area contributed by atoms with Gasteiger partial charge in [-0.2, -0.15) is 26.3 Å². The van der Waals surface area contributed by atoms with Crippen LogP contribution in [0.25, 0.3) is 16.3 Å². The standard InChI is InChI=1S/C24H16Cl3F6NO/c25-19-9-14(10-20(26)22(19)27)16(7-8-23(28,29)30)18-6-5-13(15-3-1-2-4-17(15)18)12-34-21(35)11-24(31,32)33/h1-7,9-10H,8,11-12H2,(H,34,35)/b16-7+. The lowest BCUT2D eigenvalue weighted by Gasteiger charge is -2.17. The van der Waals surface area contributed by atoms with Crippen molar-refractivity contribution in [2.24, 2.45) is 0 Å². The van der Waals surface area contributed by atoms with Gasteiger partial charge in [-0.25, -0.2) is 0 Å². The van der Waals surface area contributed by atoms with Crippen LogP contribution in [-0.2, 0) is 11.3 Å². The van der Waals surface area contributed by atoms with Crippen LogP contribution < -0.4 is 5.32 Å². The zero-order valence-electron chi connectivity index (χ0n) is 17.6. The van der Waals surface area contributed by atoms with Crippen molar-refractivity contribution in [3.63, 3.8) is 0 Å². The molecule has 0 aliphatic heterocycles. The summed E-state index contributed by atoms with van der Waals surface area (Å²) >= 11 is 18.2. The smallest absolute Gasteiger partial charge is 0.352 e. The number of alkyl halides is 6. The third-order valence-electron chi connectivity index (χ3n) is 4.97. The van der Waals surface area contributed by atoms with E-state index in [0.717, 1.165) is 6.08 Å². The number of hydrogen-bond donors (Lipinski definition) is 1. The van der Waals surface area contributed by atoms with Gasteiger partial charge < -0.3 is 5.32 Å². The maximum Gasteiger partial charge on any atom is 0.397 e. The molecule has 11 heteroatoms. The molecule has 3 aromatic rings. The van der Waals surface area contributed by atoms with E-state index < -0.39 is 31.1 Å². The lowest BCUT2D eigenvalue weighted by Crippen LogP contribution is -2.28. The molecule has 0 saturated carbocycles. The van der Waals surface area contributed by atoms with Crippen LogP contribution in [0.2, 0.25) is 15.1 Å². The Morgan fingerprint density at radius 1 is 0.857 bits per heavy atom. The number of fused-ring (bicyclic) bond motifs is 1. The first kappa shape index (κ1) is 27.2. The summed E-state index contributed by atoms with van der Waals surface area (Å²) in [5, 5.41) is 3.45. The fourth-order valence-electron chi connectivity index (χ4n) is 3.50. The van der Waals surface area contributed by atoms with E-state index in [4.69, 9.17) is 34.8 Å². The fourth-order valence-corrected chi connectivity index (χ4v) is 4.10. The summed E-state index contributed by atoms with van der Waals surface area (Å²) in [7, 11) is 0. The molecule has 0 atom stereocenters. The molecule has 3 aromatic carbocycles. The van der Waals surface area contributed by atoms with Gasteiger partial charge in [-0.1, -0.05) is 77.3 Å². The molecule has 3 rings (SSSR count). The van der Waals surface area contributed by atoms with E-state index in [1.165, 1.54) is 24.3 Å². The highest BCUT2D eigenvalue weighted by atomic mass is 35.5. The average Bonchev–Trinajstić information content (AvgIpc) is 2.74. The third kappa shape index (κ3) is 7.29. The number of carbonyl (C=O) groups excluding carboxylic acids is 1. The van der Waals surface area contributed by atoms with Gasteiger partial charge in [-0.3, -0.25) is 4.79 Å². The number of rotatable bonds is 6. The molecular weight excluding hydrogens is 539 g/mol. The Bertz CT molecular complexity index is 1260. The van der Waals surface area contributed by atoms with Crippen LogP contribution in [0.5, 0.6) is 0 Å². The second-order valence-corrected chi connectivity index (χ2v) is 8.77. The van der Waals surface area contributed by atoms with Crippen molar-refractivity contribution in [1.29, 1.82) is 0 Å². The quantitative estimate of drug-likeness (QED) is 0.240. The summed E-state index contributed by atoms with van der Waals surface area (Å²) in [6.45, 7) is -0.199. The molecule has 0 saturated heterocycles. The number of nitrogens with one attached hydrogen (secondary N) is 1. The van der Waals surface area contributed by atoms with Crippen molar-refractivity contribution in [3.05, 3.63) is 86.4 Å². The first-order valence-electron chi connectivity index (χ1n) is 10.0. The molecule has 2 nitrogen and oxygen atoms in total. The van der Waals surface area contributed by atoms with Crippen LogP contribution in [0, 0.1) is 0 Å². The molecule has 35 heavy (non-hydrogen) atoms.